The predicted octanol–water partition coefficient (Wildman–Crippen LogP) is 4.31. The number of hydrogen-bond acceptors (Lipinski definition) is 4. The molecule has 32 heavy (non-hydrogen) atoms. The Morgan fingerprint density at radius 3 is 2.41 bits per heavy atom. The fourth-order valence-electron chi connectivity index (χ4n) is 3.40. The van der Waals surface area contributed by atoms with Gasteiger partial charge in [-0.05, 0) is 54.4 Å². The molecule has 1 heterocycles. The lowest BCUT2D eigenvalue weighted by Crippen LogP contribution is -2.51. The topological polar surface area (TPSA) is 75.7 Å². The summed E-state index contributed by atoms with van der Waals surface area (Å²) < 4.78 is 33.7. The summed E-state index contributed by atoms with van der Waals surface area (Å²) in [6.45, 7) is 0.205. The van der Waals surface area contributed by atoms with Crippen LogP contribution in [0.1, 0.15) is 5.56 Å². The Balaban J connectivity index is 1.54. The zero-order valence-corrected chi connectivity index (χ0v) is 19.2. The monoisotopic (exact) mass is 490 g/mol. The van der Waals surface area contributed by atoms with Gasteiger partial charge in [-0.1, -0.05) is 53.5 Å². The van der Waals surface area contributed by atoms with Crippen LogP contribution in [-0.4, -0.2) is 33.5 Å². The number of sulfonamides is 1. The van der Waals surface area contributed by atoms with E-state index in [0.29, 0.717) is 28.7 Å². The summed E-state index contributed by atoms with van der Waals surface area (Å²) in [4.78, 5) is 12.9. The molecule has 3 aromatic carbocycles. The first-order valence-corrected chi connectivity index (χ1v) is 12.1. The molecule has 6 nitrogen and oxygen atoms in total. The van der Waals surface area contributed by atoms with Crippen LogP contribution in [0.2, 0.25) is 10.0 Å². The number of nitrogens with one attached hydrogen (secondary N) is 1. The molecule has 1 unspecified atom stereocenters. The van der Waals surface area contributed by atoms with Gasteiger partial charge in [-0.3, -0.25) is 9.10 Å². The highest BCUT2D eigenvalue weighted by Crippen LogP contribution is 2.38. The van der Waals surface area contributed by atoms with Gasteiger partial charge >= 0.3 is 0 Å². The van der Waals surface area contributed by atoms with Crippen LogP contribution in [0.3, 0.4) is 0 Å². The van der Waals surface area contributed by atoms with Gasteiger partial charge in [-0.25, -0.2) is 8.42 Å². The van der Waals surface area contributed by atoms with Crippen molar-refractivity contribution >= 4 is 44.8 Å². The molecular formula is C23H20Cl2N2O4S. The lowest BCUT2D eigenvalue weighted by atomic mass is 10.1. The summed E-state index contributed by atoms with van der Waals surface area (Å²) in [6.07, 6.45) is -0.402. The second-order valence-electron chi connectivity index (χ2n) is 7.24. The molecule has 1 aliphatic heterocycles. The standard InChI is InChI=1S/C23H20Cl2N2O4S/c24-17-8-6-16(7-9-17)12-13-26-23(28)22-15-27(20-14-18(25)10-11-21(20)31-22)32(29,30)19-4-2-1-3-5-19/h1-11,14,22H,12-13,15H2,(H,26,28). The van der Waals surface area contributed by atoms with Gasteiger partial charge in [0.15, 0.2) is 6.10 Å². The Hall–Kier alpha value is -2.74. The molecule has 9 heteroatoms. The molecule has 0 saturated carbocycles. The fourth-order valence-corrected chi connectivity index (χ4v) is 5.18. The van der Waals surface area contributed by atoms with E-state index in [1.807, 2.05) is 12.1 Å². The fraction of sp³-hybridized carbons (Fsp3) is 0.174. The summed E-state index contributed by atoms with van der Waals surface area (Å²) in [5.74, 6) is -0.120. The van der Waals surface area contributed by atoms with E-state index >= 15 is 0 Å². The average molecular weight is 491 g/mol. The SMILES string of the molecule is O=C(NCCc1ccc(Cl)cc1)C1CN(S(=O)(=O)c2ccccc2)c2cc(Cl)ccc2O1. The van der Waals surface area contributed by atoms with Gasteiger partial charge in [0, 0.05) is 16.6 Å². The molecule has 1 aliphatic rings. The second kappa shape index (κ2) is 9.40. The van der Waals surface area contributed by atoms with Crippen LogP contribution >= 0.6 is 23.2 Å². The highest BCUT2D eigenvalue weighted by Gasteiger charge is 2.37. The van der Waals surface area contributed by atoms with Gasteiger partial charge in [-0.15, -0.1) is 0 Å². The van der Waals surface area contributed by atoms with E-state index in [2.05, 4.69) is 5.32 Å². The quantitative estimate of drug-likeness (QED) is 0.558. The third-order valence-electron chi connectivity index (χ3n) is 5.04. The first-order chi connectivity index (χ1) is 15.3. The number of amides is 1. The number of fused-ring (bicyclic) bond motifs is 1. The lowest BCUT2D eigenvalue weighted by Gasteiger charge is -2.34. The Morgan fingerprint density at radius 2 is 1.69 bits per heavy atom. The Morgan fingerprint density at radius 1 is 1.00 bits per heavy atom. The first kappa shape index (κ1) is 22.5. The normalized spacial score (nSPS) is 15.6. The zero-order valence-electron chi connectivity index (χ0n) is 16.9. The number of anilines is 1. The first-order valence-electron chi connectivity index (χ1n) is 9.91. The molecule has 0 aliphatic carbocycles. The number of carbonyl (C=O) groups excluding carboxylic acids is 1. The van der Waals surface area contributed by atoms with Crippen LogP contribution in [-0.2, 0) is 21.2 Å². The van der Waals surface area contributed by atoms with Crippen LogP contribution in [0.4, 0.5) is 5.69 Å². The number of benzene rings is 3. The van der Waals surface area contributed by atoms with Crippen molar-refractivity contribution in [2.45, 2.75) is 17.4 Å². The van der Waals surface area contributed by atoms with Gasteiger partial charge < -0.3 is 10.1 Å². The molecule has 3 aromatic rings. The summed E-state index contributed by atoms with van der Waals surface area (Å²) in [5.41, 5.74) is 1.32. The Kier molecular flexibility index (Phi) is 6.60. The molecule has 1 atom stereocenters. The van der Waals surface area contributed by atoms with E-state index in [-0.39, 0.29) is 17.2 Å². The molecule has 4 rings (SSSR count). The van der Waals surface area contributed by atoms with Crippen molar-refractivity contribution in [1.82, 2.24) is 5.32 Å². The second-order valence-corrected chi connectivity index (χ2v) is 9.97. The van der Waals surface area contributed by atoms with Crippen LogP contribution in [0, 0.1) is 0 Å². The molecule has 1 N–H and O–H groups in total. The van der Waals surface area contributed by atoms with Gasteiger partial charge in [0.05, 0.1) is 17.1 Å². The van der Waals surface area contributed by atoms with Crippen LogP contribution in [0.25, 0.3) is 0 Å². The van der Waals surface area contributed by atoms with Crippen molar-refractivity contribution < 1.29 is 17.9 Å². The van der Waals surface area contributed by atoms with Crippen molar-refractivity contribution in [2.75, 3.05) is 17.4 Å². The number of ether oxygens (including phenoxy) is 1. The molecular weight excluding hydrogens is 471 g/mol. The third kappa shape index (κ3) is 4.85. The minimum atomic E-state index is -3.92. The maximum Gasteiger partial charge on any atom is 0.264 e. The molecule has 0 spiro atoms. The Labute approximate surface area is 196 Å². The van der Waals surface area contributed by atoms with Crippen molar-refractivity contribution in [1.29, 1.82) is 0 Å². The van der Waals surface area contributed by atoms with E-state index in [9.17, 15) is 13.2 Å². The predicted molar refractivity (Wildman–Crippen MR) is 125 cm³/mol. The summed E-state index contributed by atoms with van der Waals surface area (Å²) >= 11 is 12.0. The molecule has 0 bridgehead atoms. The number of halogens is 2. The molecule has 0 aromatic heterocycles. The maximum atomic E-state index is 13.3. The number of rotatable bonds is 6. The van der Waals surface area contributed by atoms with Gasteiger partial charge in [0.25, 0.3) is 15.9 Å². The summed E-state index contributed by atoms with van der Waals surface area (Å²) in [7, 11) is -3.92. The van der Waals surface area contributed by atoms with Gasteiger partial charge in [-0.2, -0.15) is 0 Å². The van der Waals surface area contributed by atoms with Crippen LogP contribution < -0.4 is 14.4 Å². The van der Waals surface area contributed by atoms with Gasteiger partial charge in [0.1, 0.15) is 5.75 Å². The highest BCUT2D eigenvalue weighted by molar-refractivity contribution is 7.92. The van der Waals surface area contributed by atoms with E-state index < -0.39 is 22.0 Å². The van der Waals surface area contributed by atoms with E-state index in [1.165, 1.54) is 22.5 Å². The largest absolute Gasteiger partial charge is 0.476 e. The number of nitrogens with zero attached hydrogens (tertiary/aromatic N) is 1. The molecule has 166 valence electrons. The van der Waals surface area contributed by atoms with Crippen LogP contribution in [0.15, 0.2) is 77.7 Å². The van der Waals surface area contributed by atoms with Crippen LogP contribution in [0.5, 0.6) is 5.75 Å². The van der Waals surface area contributed by atoms with Crippen molar-refractivity contribution in [3.8, 4) is 5.75 Å². The smallest absolute Gasteiger partial charge is 0.264 e. The Bertz CT molecular complexity index is 1220. The number of hydrogen-bond donors (Lipinski definition) is 1. The molecule has 1 amide bonds. The van der Waals surface area contributed by atoms with E-state index in [4.69, 9.17) is 27.9 Å². The van der Waals surface area contributed by atoms with Crippen molar-refractivity contribution in [3.63, 3.8) is 0 Å². The minimum Gasteiger partial charge on any atom is -0.476 e. The van der Waals surface area contributed by atoms with Crippen molar-refractivity contribution in [3.05, 3.63) is 88.4 Å². The highest BCUT2D eigenvalue weighted by atomic mass is 35.5. The number of carbonyl (C=O) groups is 1. The average Bonchev–Trinajstić information content (AvgIpc) is 2.80. The molecule has 0 saturated heterocycles. The maximum absolute atomic E-state index is 13.3. The lowest BCUT2D eigenvalue weighted by molar-refractivity contribution is -0.127. The summed E-state index contributed by atoms with van der Waals surface area (Å²) in [6, 6.07) is 20.1. The van der Waals surface area contributed by atoms with Crippen molar-refractivity contribution in [2.24, 2.45) is 0 Å². The summed E-state index contributed by atoms with van der Waals surface area (Å²) in [5, 5.41) is 3.84. The molecule has 0 fully saturated rings. The minimum absolute atomic E-state index is 0.120. The third-order valence-corrected chi connectivity index (χ3v) is 7.32. The van der Waals surface area contributed by atoms with Gasteiger partial charge in [0.2, 0.25) is 0 Å². The molecule has 0 radical (unpaired) electrons. The van der Waals surface area contributed by atoms with E-state index in [0.717, 1.165) is 5.56 Å². The van der Waals surface area contributed by atoms with E-state index in [1.54, 1.807) is 42.5 Å². The zero-order chi connectivity index (χ0) is 22.7.